The quantitative estimate of drug-likeness (QED) is 0.591. The van der Waals surface area contributed by atoms with E-state index in [4.69, 9.17) is 40.5 Å². The van der Waals surface area contributed by atoms with Gasteiger partial charge < -0.3 is 11.1 Å². The van der Waals surface area contributed by atoms with Crippen LogP contribution in [-0.2, 0) is 13.1 Å². The van der Waals surface area contributed by atoms with Gasteiger partial charge in [0.15, 0.2) is 0 Å². The Balaban J connectivity index is 1.74. The van der Waals surface area contributed by atoms with E-state index in [-0.39, 0.29) is 0 Å². The van der Waals surface area contributed by atoms with E-state index in [1.165, 1.54) is 0 Å². The number of carbonyl (C=O) groups excluding carboxylic acids is 1. The third-order valence-corrected chi connectivity index (χ3v) is 5.17. The minimum absolute atomic E-state index is 0.447. The van der Waals surface area contributed by atoms with Crippen molar-refractivity contribution < 1.29 is 4.79 Å². The van der Waals surface area contributed by atoms with Gasteiger partial charge in [0.25, 0.3) is 0 Å². The summed E-state index contributed by atoms with van der Waals surface area (Å²) in [4.78, 5) is 11.1. The molecule has 0 radical (unpaired) electrons. The fourth-order valence-corrected chi connectivity index (χ4v) is 3.42. The van der Waals surface area contributed by atoms with E-state index in [1.54, 1.807) is 41.1 Å². The van der Waals surface area contributed by atoms with Gasteiger partial charge >= 0.3 is 0 Å². The molecule has 8 heteroatoms. The molecule has 0 fully saturated rings. The first-order valence-electron chi connectivity index (χ1n) is 8.14. The van der Waals surface area contributed by atoms with Gasteiger partial charge in [0.2, 0.25) is 5.91 Å². The van der Waals surface area contributed by atoms with Crippen molar-refractivity contribution in [3.05, 3.63) is 80.0 Å². The van der Waals surface area contributed by atoms with Gasteiger partial charge in [0.1, 0.15) is 5.15 Å². The van der Waals surface area contributed by atoms with E-state index < -0.39 is 5.91 Å². The number of benzene rings is 2. The maximum Gasteiger partial charge on any atom is 0.248 e. The monoisotopic (exact) mass is 422 g/mol. The number of carbonyl (C=O) groups is 1. The maximum absolute atomic E-state index is 11.1. The zero-order valence-electron chi connectivity index (χ0n) is 14.5. The van der Waals surface area contributed by atoms with Crippen LogP contribution in [0.2, 0.25) is 15.2 Å². The van der Waals surface area contributed by atoms with Gasteiger partial charge in [-0.05, 0) is 48.9 Å². The molecule has 1 heterocycles. The first-order valence-corrected chi connectivity index (χ1v) is 9.28. The second-order valence-corrected chi connectivity index (χ2v) is 7.24. The van der Waals surface area contributed by atoms with Crippen molar-refractivity contribution in [1.82, 2.24) is 9.78 Å². The maximum atomic E-state index is 11.1. The van der Waals surface area contributed by atoms with Crippen molar-refractivity contribution in [1.29, 1.82) is 0 Å². The van der Waals surface area contributed by atoms with Crippen LogP contribution in [0.5, 0.6) is 0 Å². The van der Waals surface area contributed by atoms with Crippen molar-refractivity contribution in [3.8, 4) is 0 Å². The van der Waals surface area contributed by atoms with Crippen LogP contribution in [0.25, 0.3) is 0 Å². The third-order valence-electron chi connectivity index (χ3n) is 4.16. The summed E-state index contributed by atoms with van der Waals surface area (Å²) in [6, 6.07) is 12.3. The van der Waals surface area contributed by atoms with Gasteiger partial charge in [0, 0.05) is 33.4 Å². The second kappa shape index (κ2) is 8.21. The fraction of sp³-hybridized carbons (Fsp3) is 0.158. The molecule has 0 saturated carbocycles. The van der Waals surface area contributed by atoms with Gasteiger partial charge in [-0.15, -0.1) is 0 Å². The number of amides is 1. The molecule has 3 rings (SSSR count). The zero-order chi connectivity index (χ0) is 19.6. The zero-order valence-corrected chi connectivity index (χ0v) is 16.7. The number of nitrogens with two attached hydrogens (primary N) is 1. The summed E-state index contributed by atoms with van der Waals surface area (Å²) in [5.74, 6) is -0.456. The molecule has 140 valence electrons. The van der Waals surface area contributed by atoms with E-state index in [0.717, 1.165) is 22.5 Å². The number of halogens is 3. The lowest BCUT2D eigenvalue weighted by atomic mass is 10.2. The summed E-state index contributed by atoms with van der Waals surface area (Å²) < 4.78 is 1.71. The molecular formula is C19H17Cl3N4O. The predicted octanol–water partition coefficient (Wildman–Crippen LogP) is 4.91. The molecule has 5 nitrogen and oxygen atoms in total. The lowest BCUT2D eigenvalue weighted by molar-refractivity contribution is 0.100. The Morgan fingerprint density at radius 3 is 2.48 bits per heavy atom. The normalized spacial score (nSPS) is 10.8. The first kappa shape index (κ1) is 19.5. The lowest BCUT2D eigenvalue weighted by Crippen LogP contribution is -2.10. The Bertz CT molecular complexity index is 983. The smallest absolute Gasteiger partial charge is 0.248 e. The molecule has 1 aromatic heterocycles. The van der Waals surface area contributed by atoms with Crippen LogP contribution in [-0.4, -0.2) is 15.7 Å². The average molecular weight is 424 g/mol. The van der Waals surface area contributed by atoms with Crippen LogP contribution < -0.4 is 11.1 Å². The molecule has 0 bridgehead atoms. The second-order valence-electron chi connectivity index (χ2n) is 6.04. The summed E-state index contributed by atoms with van der Waals surface area (Å²) in [6.45, 7) is 2.84. The third kappa shape index (κ3) is 4.56. The predicted molar refractivity (Wildman–Crippen MR) is 110 cm³/mol. The summed E-state index contributed by atoms with van der Waals surface area (Å²) in [5, 5.41) is 9.48. The molecule has 2 aromatic carbocycles. The molecule has 27 heavy (non-hydrogen) atoms. The average Bonchev–Trinajstić information content (AvgIpc) is 2.89. The summed E-state index contributed by atoms with van der Waals surface area (Å²) >= 11 is 18.7. The van der Waals surface area contributed by atoms with E-state index in [9.17, 15) is 4.79 Å². The highest BCUT2D eigenvalue weighted by Crippen LogP contribution is 2.26. The molecule has 0 aliphatic heterocycles. The van der Waals surface area contributed by atoms with Gasteiger partial charge in [-0.3, -0.25) is 4.79 Å². The molecule has 3 N–H and O–H groups in total. The van der Waals surface area contributed by atoms with Crippen LogP contribution in [0.4, 0.5) is 5.69 Å². The SMILES string of the molecule is Cc1nn(Cc2ccc(Cl)cc2Cl)c(Cl)c1CNc1ccc(C(N)=O)cc1. The Kier molecular flexibility index (Phi) is 5.95. The van der Waals surface area contributed by atoms with Gasteiger partial charge in [-0.2, -0.15) is 5.10 Å². The minimum Gasteiger partial charge on any atom is -0.381 e. The first-order chi connectivity index (χ1) is 12.8. The van der Waals surface area contributed by atoms with Crippen LogP contribution in [0.3, 0.4) is 0 Å². The van der Waals surface area contributed by atoms with Crippen LogP contribution >= 0.6 is 34.8 Å². The van der Waals surface area contributed by atoms with Gasteiger partial charge in [-0.1, -0.05) is 40.9 Å². The van der Waals surface area contributed by atoms with E-state index >= 15 is 0 Å². The number of anilines is 1. The molecule has 0 aliphatic carbocycles. The highest BCUT2D eigenvalue weighted by molar-refractivity contribution is 6.35. The van der Waals surface area contributed by atoms with Crippen molar-refractivity contribution in [3.63, 3.8) is 0 Å². The van der Waals surface area contributed by atoms with Crippen molar-refractivity contribution in [2.45, 2.75) is 20.0 Å². The number of nitrogens with zero attached hydrogens (tertiary/aromatic N) is 2. The Morgan fingerprint density at radius 1 is 1.15 bits per heavy atom. The number of rotatable bonds is 6. The highest BCUT2D eigenvalue weighted by Gasteiger charge is 2.14. The van der Waals surface area contributed by atoms with Gasteiger partial charge in [-0.25, -0.2) is 4.68 Å². The van der Waals surface area contributed by atoms with E-state index in [2.05, 4.69) is 10.4 Å². The van der Waals surface area contributed by atoms with E-state index in [0.29, 0.717) is 33.9 Å². The standard InChI is InChI=1S/C19H17Cl3N4O/c1-11-16(9-24-15-6-3-12(4-7-15)19(23)27)18(22)26(25-11)10-13-2-5-14(20)8-17(13)21/h2-8,24H,9-10H2,1H3,(H2,23,27). The molecule has 0 atom stereocenters. The summed E-state index contributed by atoms with van der Waals surface area (Å²) in [6.07, 6.45) is 0. The van der Waals surface area contributed by atoms with Crippen molar-refractivity contribution in [2.75, 3.05) is 5.32 Å². The Morgan fingerprint density at radius 2 is 1.85 bits per heavy atom. The Hall–Kier alpha value is -2.21. The number of primary amides is 1. The molecule has 0 unspecified atom stereocenters. The molecule has 0 saturated heterocycles. The van der Waals surface area contributed by atoms with Crippen molar-refractivity contribution in [2.24, 2.45) is 5.73 Å². The topological polar surface area (TPSA) is 72.9 Å². The number of aromatic nitrogens is 2. The van der Waals surface area contributed by atoms with Crippen LogP contribution in [0, 0.1) is 6.92 Å². The molecule has 0 aliphatic rings. The largest absolute Gasteiger partial charge is 0.381 e. The van der Waals surface area contributed by atoms with Crippen LogP contribution in [0.15, 0.2) is 42.5 Å². The lowest BCUT2D eigenvalue weighted by Gasteiger charge is -2.08. The van der Waals surface area contributed by atoms with Gasteiger partial charge in [0.05, 0.1) is 12.2 Å². The minimum atomic E-state index is -0.456. The Labute approximate surface area is 172 Å². The van der Waals surface area contributed by atoms with Crippen molar-refractivity contribution >= 4 is 46.4 Å². The number of hydrogen-bond acceptors (Lipinski definition) is 3. The molecule has 1 amide bonds. The van der Waals surface area contributed by atoms with E-state index in [1.807, 2.05) is 13.0 Å². The molecular weight excluding hydrogens is 407 g/mol. The molecule has 0 spiro atoms. The summed E-state index contributed by atoms with van der Waals surface area (Å²) in [7, 11) is 0. The summed E-state index contributed by atoms with van der Waals surface area (Å²) in [5.41, 5.74) is 9.16. The highest BCUT2D eigenvalue weighted by atomic mass is 35.5. The number of hydrogen-bond donors (Lipinski definition) is 2. The number of nitrogens with one attached hydrogen (secondary N) is 1. The molecule has 3 aromatic rings. The van der Waals surface area contributed by atoms with Crippen LogP contribution in [0.1, 0.15) is 27.2 Å². The number of aryl methyl sites for hydroxylation is 1. The fourth-order valence-electron chi connectivity index (χ4n) is 2.65.